The van der Waals surface area contributed by atoms with Crippen LogP contribution in [-0.2, 0) is 0 Å². The van der Waals surface area contributed by atoms with Crippen molar-refractivity contribution in [3.05, 3.63) is 24.0 Å². The van der Waals surface area contributed by atoms with Gasteiger partial charge in [-0.2, -0.15) is 0 Å². The zero-order chi connectivity index (χ0) is 11.7. The van der Waals surface area contributed by atoms with E-state index in [0.717, 1.165) is 18.8 Å². The lowest BCUT2D eigenvalue weighted by atomic mass is 9.91. The molecule has 2 unspecified atom stereocenters. The van der Waals surface area contributed by atoms with E-state index in [1.54, 1.807) is 6.07 Å². The fraction of sp³-hybridized carbons (Fsp3) is 0.538. The second kappa shape index (κ2) is 4.32. The van der Waals surface area contributed by atoms with Gasteiger partial charge in [0.05, 0.1) is 11.4 Å². The number of benzene rings is 1. The minimum Gasteiger partial charge on any atom is -0.397 e. The molecule has 1 saturated heterocycles. The Bertz CT molecular complexity index is 368. The average molecular weight is 222 g/mol. The average Bonchev–Trinajstić information content (AvgIpc) is 2.15. The summed E-state index contributed by atoms with van der Waals surface area (Å²) in [6, 6.07) is 4.67. The molecule has 16 heavy (non-hydrogen) atoms. The highest BCUT2D eigenvalue weighted by Gasteiger charge is 2.23. The monoisotopic (exact) mass is 222 g/mol. The SMILES string of the molecule is CC1CC(C)CN(c2ccc(F)cc2N)C1. The number of nitrogen functional groups attached to an aromatic ring is 1. The first-order valence-corrected chi connectivity index (χ1v) is 5.86. The summed E-state index contributed by atoms with van der Waals surface area (Å²) in [4.78, 5) is 2.27. The molecular weight excluding hydrogens is 203 g/mol. The van der Waals surface area contributed by atoms with E-state index in [4.69, 9.17) is 5.73 Å². The third-order valence-corrected chi connectivity index (χ3v) is 3.20. The molecule has 0 amide bonds. The molecule has 2 nitrogen and oxygen atoms in total. The molecule has 1 aromatic carbocycles. The van der Waals surface area contributed by atoms with Crippen LogP contribution in [0.4, 0.5) is 15.8 Å². The fourth-order valence-corrected chi connectivity index (χ4v) is 2.67. The molecule has 0 spiro atoms. The van der Waals surface area contributed by atoms with Gasteiger partial charge in [0, 0.05) is 13.1 Å². The lowest BCUT2D eigenvalue weighted by Gasteiger charge is -2.37. The van der Waals surface area contributed by atoms with Crippen LogP contribution in [0.3, 0.4) is 0 Å². The van der Waals surface area contributed by atoms with E-state index in [1.165, 1.54) is 18.6 Å². The molecule has 0 saturated carbocycles. The molecular formula is C13H19FN2. The van der Waals surface area contributed by atoms with Gasteiger partial charge in [0.1, 0.15) is 5.82 Å². The Balaban J connectivity index is 2.23. The van der Waals surface area contributed by atoms with Gasteiger partial charge in [0.2, 0.25) is 0 Å². The molecule has 2 rings (SSSR count). The molecule has 1 aliphatic rings. The first-order valence-electron chi connectivity index (χ1n) is 5.86. The van der Waals surface area contributed by atoms with Gasteiger partial charge < -0.3 is 10.6 Å². The summed E-state index contributed by atoms with van der Waals surface area (Å²) < 4.78 is 13.0. The third kappa shape index (κ3) is 2.29. The number of piperidine rings is 1. The van der Waals surface area contributed by atoms with Crippen molar-refractivity contribution in [3.63, 3.8) is 0 Å². The molecule has 0 radical (unpaired) electrons. The number of hydrogen-bond donors (Lipinski definition) is 1. The van der Waals surface area contributed by atoms with Gasteiger partial charge >= 0.3 is 0 Å². The Morgan fingerprint density at radius 3 is 2.44 bits per heavy atom. The Morgan fingerprint density at radius 1 is 1.25 bits per heavy atom. The van der Waals surface area contributed by atoms with Crippen molar-refractivity contribution in [3.8, 4) is 0 Å². The van der Waals surface area contributed by atoms with Crippen molar-refractivity contribution < 1.29 is 4.39 Å². The number of nitrogens with zero attached hydrogens (tertiary/aromatic N) is 1. The van der Waals surface area contributed by atoms with E-state index in [-0.39, 0.29) is 5.82 Å². The van der Waals surface area contributed by atoms with Gasteiger partial charge in [-0.25, -0.2) is 4.39 Å². The number of nitrogens with two attached hydrogens (primary N) is 1. The third-order valence-electron chi connectivity index (χ3n) is 3.20. The molecule has 0 aromatic heterocycles. The van der Waals surface area contributed by atoms with Crippen LogP contribution in [0, 0.1) is 17.7 Å². The summed E-state index contributed by atoms with van der Waals surface area (Å²) in [7, 11) is 0. The highest BCUT2D eigenvalue weighted by molar-refractivity contribution is 5.67. The zero-order valence-electron chi connectivity index (χ0n) is 9.91. The predicted octanol–water partition coefficient (Wildman–Crippen LogP) is 2.89. The van der Waals surface area contributed by atoms with Crippen LogP contribution in [0.1, 0.15) is 20.3 Å². The van der Waals surface area contributed by atoms with Crippen LogP contribution < -0.4 is 10.6 Å². The van der Waals surface area contributed by atoms with E-state index in [9.17, 15) is 4.39 Å². The Kier molecular flexibility index (Phi) is 3.03. The molecule has 3 heteroatoms. The molecule has 1 fully saturated rings. The highest BCUT2D eigenvalue weighted by atomic mass is 19.1. The molecule has 1 aromatic rings. The molecule has 1 heterocycles. The standard InChI is InChI=1S/C13H19FN2/c1-9-5-10(2)8-16(7-9)13-4-3-11(14)6-12(13)15/h3-4,6,9-10H,5,7-8,15H2,1-2H3. The quantitative estimate of drug-likeness (QED) is 0.740. The first kappa shape index (κ1) is 11.2. The van der Waals surface area contributed by atoms with E-state index >= 15 is 0 Å². The summed E-state index contributed by atoms with van der Waals surface area (Å²) in [5.41, 5.74) is 7.38. The molecule has 0 aliphatic carbocycles. The molecule has 1 aliphatic heterocycles. The van der Waals surface area contributed by atoms with Crippen LogP contribution in [0.15, 0.2) is 18.2 Å². The first-order chi connectivity index (χ1) is 7.56. The Hall–Kier alpha value is -1.25. The van der Waals surface area contributed by atoms with Crippen molar-refractivity contribution in [2.75, 3.05) is 23.7 Å². The largest absolute Gasteiger partial charge is 0.397 e. The Morgan fingerprint density at radius 2 is 1.88 bits per heavy atom. The Labute approximate surface area is 96.2 Å². The number of rotatable bonds is 1. The minimum absolute atomic E-state index is 0.264. The van der Waals surface area contributed by atoms with Crippen molar-refractivity contribution >= 4 is 11.4 Å². The summed E-state index contributed by atoms with van der Waals surface area (Å²) in [5, 5.41) is 0. The highest BCUT2D eigenvalue weighted by Crippen LogP contribution is 2.30. The maximum absolute atomic E-state index is 13.0. The van der Waals surface area contributed by atoms with Crippen LogP contribution in [0.25, 0.3) is 0 Å². The zero-order valence-corrected chi connectivity index (χ0v) is 9.91. The van der Waals surface area contributed by atoms with Crippen LogP contribution in [0.5, 0.6) is 0 Å². The van der Waals surface area contributed by atoms with Gasteiger partial charge in [-0.15, -0.1) is 0 Å². The van der Waals surface area contributed by atoms with Crippen molar-refractivity contribution in [1.82, 2.24) is 0 Å². The van der Waals surface area contributed by atoms with Crippen LogP contribution in [0.2, 0.25) is 0 Å². The molecule has 88 valence electrons. The van der Waals surface area contributed by atoms with E-state index in [1.807, 2.05) is 0 Å². The predicted molar refractivity (Wildman–Crippen MR) is 66.0 cm³/mol. The normalized spacial score (nSPS) is 25.8. The van der Waals surface area contributed by atoms with Gasteiger partial charge in [-0.3, -0.25) is 0 Å². The molecule has 2 N–H and O–H groups in total. The minimum atomic E-state index is -0.264. The van der Waals surface area contributed by atoms with Gasteiger partial charge in [0.25, 0.3) is 0 Å². The van der Waals surface area contributed by atoms with Crippen molar-refractivity contribution in [2.45, 2.75) is 20.3 Å². The maximum atomic E-state index is 13.0. The lowest BCUT2D eigenvalue weighted by Crippen LogP contribution is -2.39. The number of hydrogen-bond acceptors (Lipinski definition) is 2. The van der Waals surface area contributed by atoms with Crippen LogP contribution >= 0.6 is 0 Å². The van der Waals surface area contributed by atoms with E-state index < -0.39 is 0 Å². The van der Waals surface area contributed by atoms with Crippen molar-refractivity contribution in [1.29, 1.82) is 0 Å². The molecule has 2 atom stereocenters. The van der Waals surface area contributed by atoms with E-state index in [0.29, 0.717) is 17.5 Å². The fourth-order valence-electron chi connectivity index (χ4n) is 2.67. The summed E-state index contributed by atoms with van der Waals surface area (Å²) in [5.74, 6) is 1.08. The molecule has 0 bridgehead atoms. The topological polar surface area (TPSA) is 29.3 Å². The summed E-state index contributed by atoms with van der Waals surface area (Å²) in [6.45, 7) is 6.53. The lowest BCUT2D eigenvalue weighted by molar-refractivity contribution is 0.357. The maximum Gasteiger partial charge on any atom is 0.125 e. The number of anilines is 2. The van der Waals surface area contributed by atoms with Gasteiger partial charge in [-0.1, -0.05) is 13.8 Å². The van der Waals surface area contributed by atoms with Gasteiger partial charge in [-0.05, 0) is 36.5 Å². The summed E-state index contributed by atoms with van der Waals surface area (Å²) >= 11 is 0. The van der Waals surface area contributed by atoms with Gasteiger partial charge in [0.15, 0.2) is 0 Å². The van der Waals surface area contributed by atoms with Crippen LogP contribution in [-0.4, -0.2) is 13.1 Å². The number of halogens is 1. The summed E-state index contributed by atoms with van der Waals surface area (Å²) in [6.07, 6.45) is 1.26. The second-order valence-electron chi connectivity index (χ2n) is 5.05. The van der Waals surface area contributed by atoms with E-state index in [2.05, 4.69) is 18.7 Å². The smallest absolute Gasteiger partial charge is 0.125 e. The second-order valence-corrected chi connectivity index (χ2v) is 5.05. The van der Waals surface area contributed by atoms with Crippen molar-refractivity contribution in [2.24, 2.45) is 11.8 Å².